The van der Waals surface area contributed by atoms with Gasteiger partial charge in [-0.1, -0.05) is 27.5 Å². The van der Waals surface area contributed by atoms with Crippen LogP contribution >= 0.6 is 27.5 Å². The van der Waals surface area contributed by atoms with Crippen molar-refractivity contribution in [3.05, 3.63) is 44.5 Å². The summed E-state index contributed by atoms with van der Waals surface area (Å²) in [4.78, 5) is 0. The molecule has 19 heavy (non-hydrogen) atoms. The van der Waals surface area contributed by atoms with Gasteiger partial charge in [-0.05, 0) is 37.6 Å². The first-order valence-electron chi connectivity index (χ1n) is 5.40. The number of hydrogen-bond donors (Lipinski definition) is 0. The first-order chi connectivity index (χ1) is 9.02. The van der Waals surface area contributed by atoms with Crippen LogP contribution in [0, 0.1) is 25.2 Å². The van der Waals surface area contributed by atoms with Crippen LogP contribution in [0.4, 0.5) is 0 Å². The fourth-order valence-corrected chi connectivity index (χ4v) is 1.95. The zero-order valence-corrected chi connectivity index (χ0v) is 12.6. The first kappa shape index (κ1) is 13.8. The van der Waals surface area contributed by atoms with E-state index in [1.165, 1.54) is 0 Å². The molecule has 2 aromatic rings. The number of ether oxygens (including phenoxy) is 1. The van der Waals surface area contributed by atoms with E-state index in [0.29, 0.717) is 22.0 Å². The van der Waals surface area contributed by atoms with Gasteiger partial charge < -0.3 is 4.74 Å². The van der Waals surface area contributed by atoms with Crippen molar-refractivity contribution in [2.24, 2.45) is 0 Å². The molecule has 1 heterocycles. The molecule has 0 amide bonds. The molecule has 0 saturated heterocycles. The molecule has 0 aliphatic rings. The van der Waals surface area contributed by atoms with Crippen LogP contribution in [0.1, 0.15) is 16.8 Å². The second-order valence-electron chi connectivity index (χ2n) is 3.88. The average molecular weight is 339 g/mol. The summed E-state index contributed by atoms with van der Waals surface area (Å²) < 4.78 is 6.41. The van der Waals surface area contributed by atoms with Gasteiger partial charge in [0.25, 0.3) is 5.88 Å². The van der Waals surface area contributed by atoms with Crippen LogP contribution in [0.15, 0.2) is 22.7 Å². The van der Waals surface area contributed by atoms with Crippen LogP contribution in [0.3, 0.4) is 0 Å². The van der Waals surface area contributed by atoms with Gasteiger partial charge in [0.15, 0.2) is 0 Å². The highest BCUT2D eigenvalue weighted by Crippen LogP contribution is 2.33. The second kappa shape index (κ2) is 5.55. The van der Waals surface area contributed by atoms with Crippen LogP contribution < -0.4 is 4.74 Å². The smallest absolute Gasteiger partial charge is 0.257 e. The normalized spacial score (nSPS) is 10.1. The molecule has 0 aliphatic heterocycles. The highest BCUT2D eigenvalue weighted by molar-refractivity contribution is 9.10. The van der Waals surface area contributed by atoms with Gasteiger partial charge in [0.2, 0.25) is 0 Å². The summed E-state index contributed by atoms with van der Waals surface area (Å²) in [5.74, 6) is 0.579. The molecule has 96 valence electrons. The lowest BCUT2D eigenvalue weighted by molar-refractivity contribution is 0.451. The van der Waals surface area contributed by atoms with Crippen molar-refractivity contribution in [3.63, 3.8) is 0 Å². The van der Waals surface area contributed by atoms with E-state index in [4.69, 9.17) is 16.3 Å². The van der Waals surface area contributed by atoms with Gasteiger partial charge in [0.05, 0.1) is 10.7 Å². The van der Waals surface area contributed by atoms with E-state index in [2.05, 4.69) is 32.2 Å². The van der Waals surface area contributed by atoms with Gasteiger partial charge in [-0.15, -0.1) is 5.10 Å². The number of hydrogen-bond acceptors (Lipinski definition) is 4. The lowest BCUT2D eigenvalue weighted by Gasteiger charge is -2.10. The molecule has 0 atom stereocenters. The molecule has 0 spiro atoms. The maximum Gasteiger partial charge on any atom is 0.257 e. The standard InChI is InChI=1S/C13H9BrClN3O/c1-7-8(2)17-18-13(10(7)6-16)19-12-5-9(14)3-4-11(12)15/h3-5H,1-2H3. The second-order valence-corrected chi connectivity index (χ2v) is 5.20. The third-order valence-electron chi connectivity index (χ3n) is 2.63. The van der Waals surface area contributed by atoms with Crippen LogP contribution in [-0.4, -0.2) is 10.2 Å². The van der Waals surface area contributed by atoms with Crippen LogP contribution in [-0.2, 0) is 0 Å². The molecule has 2 rings (SSSR count). The van der Waals surface area contributed by atoms with E-state index >= 15 is 0 Å². The van der Waals surface area contributed by atoms with E-state index in [0.717, 1.165) is 10.0 Å². The van der Waals surface area contributed by atoms with Gasteiger partial charge >= 0.3 is 0 Å². The third-order valence-corrected chi connectivity index (χ3v) is 3.44. The molecule has 1 aromatic carbocycles. The zero-order chi connectivity index (χ0) is 14.0. The fraction of sp³-hybridized carbons (Fsp3) is 0.154. The summed E-state index contributed by atoms with van der Waals surface area (Å²) in [5.41, 5.74) is 1.81. The number of aromatic nitrogens is 2. The Morgan fingerprint density at radius 2 is 2.05 bits per heavy atom. The number of aryl methyl sites for hydroxylation is 1. The van der Waals surface area contributed by atoms with E-state index in [1.54, 1.807) is 32.0 Å². The summed E-state index contributed by atoms with van der Waals surface area (Å²) in [6, 6.07) is 7.28. The van der Waals surface area contributed by atoms with Crippen LogP contribution in [0.2, 0.25) is 5.02 Å². The molecule has 0 bridgehead atoms. The molecular weight excluding hydrogens is 330 g/mol. The van der Waals surface area contributed by atoms with Gasteiger partial charge in [-0.25, -0.2) is 0 Å². The largest absolute Gasteiger partial charge is 0.435 e. The van der Waals surface area contributed by atoms with Crippen molar-refractivity contribution < 1.29 is 4.74 Å². The van der Waals surface area contributed by atoms with Gasteiger partial charge in [0.1, 0.15) is 17.4 Å². The fourth-order valence-electron chi connectivity index (χ4n) is 1.45. The SMILES string of the molecule is Cc1nnc(Oc2cc(Br)ccc2Cl)c(C#N)c1C. The Hall–Kier alpha value is -1.64. The number of rotatable bonds is 2. The minimum absolute atomic E-state index is 0.158. The monoisotopic (exact) mass is 337 g/mol. The van der Waals surface area contributed by atoms with Crippen molar-refractivity contribution in [3.8, 4) is 17.7 Å². The number of halogens is 2. The molecule has 0 radical (unpaired) electrons. The Balaban J connectivity index is 2.47. The van der Waals surface area contributed by atoms with Crippen LogP contribution in [0.5, 0.6) is 11.6 Å². The predicted octanol–water partition coefficient (Wildman–Crippen LogP) is 4.17. The molecule has 0 saturated carbocycles. The molecule has 0 fully saturated rings. The summed E-state index contributed by atoms with van der Waals surface area (Å²) in [7, 11) is 0. The van der Waals surface area contributed by atoms with Crippen molar-refractivity contribution in [2.75, 3.05) is 0 Å². The Morgan fingerprint density at radius 3 is 2.74 bits per heavy atom. The summed E-state index contributed by atoms with van der Waals surface area (Å²) in [6.45, 7) is 3.59. The molecule has 1 aromatic heterocycles. The Labute approximate surface area is 124 Å². The summed E-state index contributed by atoms with van der Waals surface area (Å²) in [5, 5.41) is 17.5. The highest BCUT2D eigenvalue weighted by Gasteiger charge is 2.14. The van der Waals surface area contributed by atoms with Gasteiger partial charge in [-0.2, -0.15) is 10.4 Å². The maximum absolute atomic E-state index is 9.19. The number of nitrogens with zero attached hydrogens (tertiary/aromatic N) is 3. The minimum atomic E-state index is 0.158. The number of benzene rings is 1. The van der Waals surface area contributed by atoms with Gasteiger partial charge in [-0.3, -0.25) is 0 Å². The van der Waals surface area contributed by atoms with E-state index in [-0.39, 0.29) is 5.88 Å². The molecular formula is C13H9BrClN3O. The minimum Gasteiger partial charge on any atom is -0.435 e. The van der Waals surface area contributed by atoms with Crippen molar-refractivity contribution >= 4 is 27.5 Å². The predicted molar refractivity (Wildman–Crippen MR) is 75.4 cm³/mol. The Bertz CT molecular complexity index is 682. The zero-order valence-electron chi connectivity index (χ0n) is 10.2. The topological polar surface area (TPSA) is 58.8 Å². The van der Waals surface area contributed by atoms with E-state index in [9.17, 15) is 5.26 Å². The first-order valence-corrected chi connectivity index (χ1v) is 6.57. The van der Waals surface area contributed by atoms with E-state index < -0.39 is 0 Å². The summed E-state index contributed by atoms with van der Waals surface area (Å²) >= 11 is 9.37. The van der Waals surface area contributed by atoms with Crippen molar-refractivity contribution in [1.29, 1.82) is 5.26 Å². The van der Waals surface area contributed by atoms with Crippen molar-refractivity contribution in [1.82, 2.24) is 10.2 Å². The highest BCUT2D eigenvalue weighted by atomic mass is 79.9. The lowest BCUT2D eigenvalue weighted by Crippen LogP contribution is -2.00. The van der Waals surface area contributed by atoms with Crippen LogP contribution in [0.25, 0.3) is 0 Å². The molecule has 0 aliphatic carbocycles. The molecule has 6 heteroatoms. The third kappa shape index (κ3) is 2.86. The lowest BCUT2D eigenvalue weighted by atomic mass is 10.1. The molecule has 4 nitrogen and oxygen atoms in total. The quantitative estimate of drug-likeness (QED) is 0.824. The summed E-state index contributed by atoms with van der Waals surface area (Å²) in [6.07, 6.45) is 0. The van der Waals surface area contributed by atoms with E-state index in [1.807, 2.05) is 0 Å². The molecule has 0 unspecified atom stereocenters. The maximum atomic E-state index is 9.19. The molecule has 0 N–H and O–H groups in total. The van der Waals surface area contributed by atoms with Gasteiger partial charge in [0, 0.05) is 4.47 Å². The average Bonchev–Trinajstić information content (AvgIpc) is 2.38. The van der Waals surface area contributed by atoms with Crippen molar-refractivity contribution in [2.45, 2.75) is 13.8 Å². The number of nitriles is 1. The Morgan fingerprint density at radius 1 is 1.32 bits per heavy atom. The Kier molecular flexibility index (Phi) is 4.03.